The van der Waals surface area contributed by atoms with Crippen molar-refractivity contribution in [3.8, 4) is 0 Å². The Morgan fingerprint density at radius 1 is 1.19 bits per heavy atom. The number of hydrogen-bond donors (Lipinski definition) is 1. The molecule has 9 heteroatoms. The van der Waals surface area contributed by atoms with Crippen molar-refractivity contribution >= 4 is 6.16 Å². The summed E-state index contributed by atoms with van der Waals surface area (Å²) in [5.41, 5.74) is 0.680. The van der Waals surface area contributed by atoms with Crippen molar-refractivity contribution in [2.75, 3.05) is 19.7 Å². The molecule has 1 saturated heterocycles. The van der Waals surface area contributed by atoms with Crippen molar-refractivity contribution in [2.45, 2.75) is 77.4 Å². The third kappa shape index (κ3) is 6.85. The smallest absolute Gasteiger partial charge is 0.433 e. The van der Waals surface area contributed by atoms with Crippen LogP contribution in [0.2, 0.25) is 0 Å². The van der Waals surface area contributed by atoms with E-state index in [1.807, 2.05) is 25.1 Å². The van der Waals surface area contributed by atoms with E-state index in [9.17, 15) is 14.4 Å². The summed E-state index contributed by atoms with van der Waals surface area (Å²) in [6.45, 7) is 6.24. The molecule has 1 aromatic carbocycles. The minimum absolute atomic E-state index is 0.241. The summed E-state index contributed by atoms with van der Waals surface area (Å²) in [5, 5.41) is 0. The van der Waals surface area contributed by atoms with Crippen molar-refractivity contribution < 1.29 is 19.0 Å². The van der Waals surface area contributed by atoms with Crippen LogP contribution in [0, 0.1) is 12.8 Å². The zero-order valence-electron chi connectivity index (χ0n) is 21.2. The van der Waals surface area contributed by atoms with Gasteiger partial charge in [0, 0.05) is 37.8 Å². The van der Waals surface area contributed by atoms with Crippen LogP contribution < -0.4 is 11.2 Å². The number of aryl methyl sites for hydroxylation is 1. The summed E-state index contributed by atoms with van der Waals surface area (Å²) in [5.74, 6) is 0.693. The van der Waals surface area contributed by atoms with Gasteiger partial charge in [-0.2, -0.15) is 0 Å². The number of nitrogens with zero attached hydrogens (tertiary/aromatic N) is 2. The molecule has 2 aromatic rings. The molecule has 196 valence electrons. The number of H-pyrrole nitrogens is 1. The first-order valence-electron chi connectivity index (χ1n) is 13.0. The Hall–Kier alpha value is -2.91. The first kappa shape index (κ1) is 26.2. The van der Waals surface area contributed by atoms with Gasteiger partial charge in [-0.25, -0.2) is 9.59 Å². The Kier molecular flexibility index (Phi) is 8.98. The van der Waals surface area contributed by atoms with E-state index in [1.165, 1.54) is 42.0 Å². The summed E-state index contributed by atoms with van der Waals surface area (Å²) in [6.07, 6.45) is 5.24. The van der Waals surface area contributed by atoms with Gasteiger partial charge in [0.1, 0.15) is 18.9 Å². The van der Waals surface area contributed by atoms with Crippen molar-refractivity contribution in [1.82, 2.24) is 14.5 Å². The fraction of sp³-hybridized carbons (Fsp3) is 0.593. The minimum atomic E-state index is -0.728. The van der Waals surface area contributed by atoms with Crippen molar-refractivity contribution in [1.29, 1.82) is 0 Å². The molecule has 0 spiro atoms. The van der Waals surface area contributed by atoms with Gasteiger partial charge >= 0.3 is 11.8 Å². The van der Waals surface area contributed by atoms with E-state index in [2.05, 4.69) is 22.0 Å². The largest absolute Gasteiger partial charge is 0.508 e. The maximum Gasteiger partial charge on any atom is 0.508 e. The van der Waals surface area contributed by atoms with Gasteiger partial charge in [0.2, 0.25) is 0 Å². The number of aromatic nitrogens is 2. The van der Waals surface area contributed by atoms with E-state index in [4.69, 9.17) is 14.2 Å². The molecule has 4 rings (SSSR count). The SMILES string of the molecule is CC[C@H]1O[C@@H](n2cc(C)c(=O)[nH]c2=O)C[C@H]1OC(=O)OCCN(Cc1ccccc1)CC1CCCC1. The van der Waals surface area contributed by atoms with Crippen LogP contribution in [0.1, 0.15) is 62.8 Å². The van der Waals surface area contributed by atoms with Gasteiger partial charge in [0.25, 0.3) is 5.56 Å². The second-order valence-corrected chi connectivity index (χ2v) is 9.88. The Labute approximate surface area is 211 Å². The van der Waals surface area contributed by atoms with Gasteiger partial charge in [-0.05, 0) is 37.7 Å². The highest BCUT2D eigenvalue weighted by Gasteiger charge is 2.38. The lowest BCUT2D eigenvalue weighted by Crippen LogP contribution is -2.33. The molecule has 9 nitrogen and oxygen atoms in total. The lowest BCUT2D eigenvalue weighted by molar-refractivity contribution is -0.0383. The number of rotatable bonds is 10. The van der Waals surface area contributed by atoms with E-state index in [0.29, 0.717) is 30.9 Å². The van der Waals surface area contributed by atoms with Gasteiger partial charge in [-0.1, -0.05) is 50.1 Å². The molecule has 1 aromatic heterocycles. The average Bonchev–Trinajstić information content (AvgIpc) is 3.51. The molecule has 2 heterocycles. The predicted octanol–water partition coefficient (Wildman–Crippen LogP) is 3.76. The highest BCUT2D eigenvalue weighted by Crippen LogP contribution is 2.32. The maximum atomic E-state index is 12.5. The molecule has 0 bridgehead atoms. The zero-order chi connectivity index (χ0) is 25.5. The number of carbonyl (C=O) groups excluding carboxylic acids is 1. The van der Waals surface area contributed by atoms with Crippen LogP contribution in [-0.4, -0.2) is 52.5 Å². The van der Waals surface area contributed by atoms with E-state index < -0.39 is 29.7 Å². The Bertz CT molecular complexity index is 1110. The molecular weight excluding hydrogens is 462 g/mol. The van der Waals surface area contributed by atoms with Gasteiger partial charge in [-0.15, -0.1) is 0 Å². The molecule has 0 radical (unpaired) electrons. The van der Waals surface area contributed by atoms with Crippen LogP contribution in [0.3, 0.4) is 0 Å². The molecule has 2 fully saturated rings. The minimum Gasteiger partial charge on any atom is -0.433 e. The molecule has 3 atom stereocenters. The molecule has 1 aliphatic carbocycles. The summed E-state index contributed by atoms with van der Waals surface area (Å²) in [4.78, 5) is 41.1. The van der Waals surface area contributed by atoms with Crippen LogP contribution in [-0.2, 0) is 20.8 Å². The quantitative estimate of drug-likeness (QED) is 0.497. The monoisotopic (exact) mass is 499 g/mol. The van der Waals surface area contributed by atoms with Crippen LogP contribution in [0.4, 0.5) is 4.79 Å². The van der Waals surface area contributed by atoms with E-state index >= 15 is 0 Å². The lowest BCUT2D eigenvalue weighted by atomic mass is 10.1. The normalized spacial score (nSPS) is 22.2. The maximum absolute atomic E-state index is 12.5. The van der Waals surface area contributed by atoms with E-state index in [1.54, 1.807) is 6.92 Å². The molecule has 0 amide bonds. The second kappa shape index (κ2) is 12.4. The first-order valence-corrected chi connectivity index (χ1v) is 13.0. The van der Waals surface area contributed by atoms with Crippen LogP contribution in [0.5, 0.6) is 0 Å². The number of hydrogen-bond acceptors (Lipinski definition) is 7. The Morgan fingerprint density at radius 2 is 1.94 bits per heavy atom. The Morgan fingerprint density at radius 3 is 2.67 bits per heavy atom. The Balaban J connectivity index is 1.30. The van der Waals surface area contributed by atoms with Crippen LogP contribution in [0.25, 0.3) is 0 Å². The number of aromatic amines is 1. The standard InChI is InChI=1S/C27H37N3O6/c1-3-22-23(15-24(35-22)30-16-19(2)25(31)28-26(30)32)36-27(33)34-14-13-29(18-21-11-7-8-12-21)17-20-9-5-4-6-10-20/h4-6,9-10,16,21-24H,3,7-8,11-15,17-18H2,1-2H3,(H,28,31,32)/t22-,23-,24-/m1/s1. The number of ether oxygens (including phenoxy) is 3. The predicted molar refractivity (Wildman–Crippen MR) is 135 cm³/mol. The number of nitrogens with one attached hydrogen (secondary N) is 1. The molecule has 0 unspecified atom stereocenters. The van der Waals surface area contributed by atoms with Crippen molar-refractivity contribution in [2.24, 2.45) is 5.92 Å². The molecule has 1 aliphatic heterocycles. The fourth-order valence-electron chi connectivity index (χ4n) is 5.21. The lowest BCUT2D eigenvalue weighted by Gasteiger charge is -2.25. The third-order valence-electron chi connectivity index (χ3n) is 7.15. The summed E-state index contributed by atoms with van der Waals surface area (Å²) in [7, 11) is 0. The summed E-state index contributed by atoms with van der Waals surface area (Å²) >= 11 is 0. The number of benzene rings is 1. The van der Waals surface area contributed by atoms with Gasteiger partial charge < -0.3 is 14.2 Å². The highest BCUT2D eigenvalue weighted by molar-refractivity contribution is 5.60. The second-order valence-electron chi connectivity index (χ2n) is 9.88. The molecular formula is C27H37N3O6. The van der Waals surface area contributed by atoms with Gasteiger partial charge in [-0.3, -0.25) is 19.2 Å². The zero-order valence-corrected chi connectivity index (χ0v) is 21.2. The topological polar surface area (TPSA) is 103 Å². The van der Waals surface area contributed by atoms with E-state index in [-0.39, 0.29) is 12.7 Å². The highest BCUT2D eigenvalue weighted by atomic mass is 16.7. The van der Waals surface area contributed by atoms with Gasteiger partial charge in [0.15, 0.2) is 0 Å². The molecule has 2 aliphatic rings. The molecule has 1 N–H and O–H groups in total. The van der Waals surface area contributed by atoms with Gasteiger partial charge in [0.05, 0.1) is 6.10 Å². The van der Waals surface area contributed by atoms with Crippen molar-refractivity contribution in [3.63, 3.8) is 0 Å². The number of carbonyl (C=O) groups is 1. The first-order chi connectivity index (χ1) is 17.4. The van der Waals surface area contributed by atoms with Crippen LogP contribution >= 0.6 is 0 Å². The molecule has 36 heavy (non-hydrogen) atoms. The van der Waals surface area contributed by atoms with E-state index in [0.717, 1.165) is 13.1 Å². The summed E-state index contributed by atoms with van der Waals surface area (Å²) < 4.78 is 18.4. The molecule has 1 saturated carbocycles. The fourth-order valence-corrected chi connectivity index (χ4v) is 5.21. The van der Waals surface area contributed by atoms with Crippen LogP contribution in [0.15, 0.2) is 46.1 Å². The van der Waals surface area contributed by atoms with Crippen molar-refractivity contribution in [3.05, 3.63) is 68.5 Å². The average molecular weight is 500 g/mol. The summed E-state index contributed by atoms with van der Waals surface area (Å²) in [6, 6.07) is 10.3. The third-order valence-corrected chi connectivity index (χ3v) is 7.15.